The van der Waals surface area contributed by atoms with Gasteiger partial charge in [0.2, 0.25) is 5.88 Å². The summed E-state index contributed by atoms with van der Waals surface area (Å²) in [5.74, 6) is -0.0693. The Morgan fingerprint density at radius 3 is 2.31 bits per heavy atom. The maximum Gasteiger partial charge on any atom is 0.277 e. The summed E-state index contributed by atoms with van der Waals surface area (Å²) in [6.45, 7) is 5.19. The van der Waals surface area contributed by atoms with Crippen molar-refractivity contribution in [3.63, 3.8) is 0 Å². The number of methoxy groups -OCH3 is 1. The third kappa shape index (κ3) is 4.22. The monoisotopic (exact) mass is 461 g/mol. The molecule has 0 aliphatic heterocycles. The van der Waals surface area contributed by atoms with E-state index in [0.717, 1.165) is 4.31 Å². The first-order chi connectivity index (χ1) is 15.2. The zero-order valence-corrected chi connectivity index (χ0v) is 18.8. The molecule has 0 saturated carbocycles. The molecule has 0 fully saturated rings. The van der Waals surface area contributed by atoms with Gasteiger partial charge in [-0.2, -0.15) is 4.31 Å². The number of hydrogen-bond acceptors (Lipinski definition) is 8. The summed E-state index contributed by atoms with van der Waals surface area (Å²) in [6, 6.07) is 11.9. The van der Waals surface area contributed by atoms with Gasteiger partial charge in [0.15, 0.2) is 0 Å². The molecule has 11 heteroatoms. The molecule has 2 aromatic carbocycles. The van der Waals surface area contributed by atoms with E-state index in [-0.39, 0.29) is 34.2 Å². The fourth-order valence-corrected chi connectivity index (χ4v) is 4.86. The Bertz CT molecular complexity index is 1220. The van der Waals surface area contributed by atoms with Crippen molar-refractivity contribution in [2.45, 2.75) is 32.1 Å². The van der Waals surface area contributed by atoms with Crippen LogP contribution in [-0.2, 0) is 19.5 Å². The summed E-state index contributed by atoms with van der Waals surface area (Å²) in [4.78, 5) is 10.8. The Morgan fingerprint density at radius 1 is 1.12 bits per heavy atom. The lowest BCUT2D eigenvalue weighted by Gasteiger charge is -2.29. The van der Waals surface area contributed by atoms with E-state index in [2.05, 4.69) is 5.16 Å². The van der Waals surface area contributed by atoms with E-state index in [9.17, 15) is 18.5 Å². The van der Waals surface area contributed by atoms with Gasteiger partial charge in [0.25, 0.3) is 22.1 Å². The molecule has 0 aliphatic rings. The average molecular weight is 461 g/mol. The van der Waals surface area contributed by atoms with Gasteiger partial charge in [-0.1, -0.05) is 35.5 Å². The van der Waals surface area contributed by atoms with E-state index in [1.807, 2.05) is 0 Å². The van der Waals surface area contributed by atoms with E-state index in [4.69, 9.17) is 14.0 Å². The van der Waals surface area contributed by atoms with E-state index in [0.29, 0.717) is 11.3 Å². The van der Waals surface area contributed by atoms with Gasteiger partial charge < -0.3 is 14.0 Å². The van der Waals surface area contributed by atoms with Gasteiger partial charge in [0.1, 0.15) is 0 Å². The Hall–Kier alpha value is -3.28. The van der Waals surface area contributed by atoms with Gasteiger partial charge in [-0.3, -0.25) is 10.1 Å². The Kier molecular flexibility index (Phi) is 6.92. The first-order valence-corrected chi connectivity index (χ1v) is 11.1. The molecule has 0 aliphatic carbocycles. The van der Waals surface area contributed by atoms with E-state index >= 15 is 0 Å². The van der Waals surface area contributed by atoms with Crippen LogP contribution >= 0.6 is 0 Å². The quantitative estimate of drug-likeness (QED) is 0.266. The van der Waals surface area contributed by atoms with E-state index in [1.165, 1.54) is 43.5 Å². The lowest BCUT2D eigenvalue weighted by Crippen LogP contribution is -2.43. The summed E-state index contributed by atoms with van der Waals surface area (Å²) >= 11 is 0. The maximum atomic E-state index is 14.0. The highest BCUT2D eigenvalue weighted by atomic mass is 32.2. The third-order valence-corrected chi connectivity index (χ3v) is 6.62. The van der Waals surface area contributed by atoms with Crippen molar-refractivity contribution in [2.24, 2.45) is 0 Å². The van der Waals surface area contributed by atoms with Crippen LogP contribution in [0.5, 0.6) is 0 Å². The number of sulfonamides is 1. The summed E-state index contributed by atoms with van der Waals surface area (Å²) < 4.78 is 44.9. The highest BCUT2D eigenvalue weighted by Gasteiger charge is 2.39. The number of ether oxygens (including phenoxy) is 2. The SMILES string of the molecule is CCOC(OC)N(c1onc(C)c1C)S(=O)(=O)c1ccccc1-c1ccccc1[N+](=O)[O-]. The highest BCUT2D eigenvalue weighted by molar-refractivity contribution is 7.93. The number of aryl methyl sites for hydroxylation is 1. The van der Waals surface area contributed by atoms with Gasteiger partial charge in [-0.25, -0.2) is 8.42 Å². The molecular weight excluding hydrogens is 438 g/mol. The Morgan fingerprint density at radius 2 is 1.75 bits per heavy atom. The molecule has 0 spiro atoms. The molecule has 0 amide bonds. The molecule has 10 nitrogen and oxygen atoms in total. The van der Waals surface area contributed by atoms with Crippen LogP contribution < -0.4 is 4.31 Å². The van der Waals surface area contributed by atoms with Crippen LogP contribution in [0.3, 0.4) is 0 Å². The van der Waals surface area contributed by atoms with E-state index in [1.54, 1.807) is 32.9 Å². The largest absolute Gasteiger partial charge is 0.338 e. The number of para-hydroxylation sites is 1. The average Bonchev–Trinajstić information content (AvgIpc) is 3.11. The van der Waals surface area contributed by atoms with Crippen LogP contribution in [-0.4, -0.2) is 38.6 Å². The Balaban J connectivity index is 2.28. The summed E-state index contributed by atoms with van der Waals surface area (Å²) in [7, 11) is -3.09. The van der Waals surface area contributed by atoms with Gasteiger partial charge in [0, 0.05) is 30.9 Å². The fourth-order valence-electron chi connectivity index (χ4n) is 3.18. The van der Waals surface area contributed by atoms with Gasteiger partial charge in [-0.15, -0.1) is 0 Å². The molecule has 0 saturated heterocycles. The molecule has 170 valence electrons. The number of anilines is 1. The summed E-state index contributed by atoms with van der Waals surface area (Å²) in [5, 5.41) is 15.4. The number of nitro benzene ring substituents is 1. The molecule has 0 radical (unpaired) electrons. The smallest absolute Gasteiger partial charge is 0.277 e. The minimum absolute atomic E-state index is 0.0693. The number of nitrogens with zero attached hydrogens (tertiary/aromatic N) is 3. The minimum atomic E-state index is -4.39. The van der Waals surface area contributed by atoms with Crippen LogP contribution in [0.4, 0.5) is 11.6 Å². The highest BCUT2D eigenvalue weighted by Crippen LogP contribution is 2.38. The number of nitro groups is 1. The van der Waals surface area contributed by atoms with Crippen molar-refractivity contribution in [2.75, 3.05) is 18.0 Å². The van der Waals surface area contributed by atoms with Crippen LogP contribution in [0.1, 0.15) is 18.2 Å². The first kappa shape index (κ1) is 23.4. The van der Waals surface area contributed by atoms with Gasteiger partial charge >= 0.3 is 0 Å². The van der Waals surface area contributed by atoms with Crippen LogP contribution in [0, 0.1) is 24.0 Å². The van der Waals surface area contributed by atoms with Crippen LogP contribution in [0.2, 0.25) is 0 Å². The molecule has 1 atom stereocenters. The molecule has 1 unspecified atom stereocenters. The van der Waals surface area contributed by atoms with Crippen molar-refractivity contribution in [1.29, 1.82) is 0 Å². The van der Waals surface area contributed by atoms with Crippen molar-refractivity contribution >= 4 is 21.6 Å². The summed E-state index contributed by atoms with van der Waals surface area (Å²) in [5.41, 5.74) is 1.08. The van der Waals surface area contributed by atoms with Crippen molar-refractivity contribution in [1.82, 2.24) is 5.16 Å². The van der Waals surface area contributed by atoms with E-state index < -0.39 is 21.4 Å². The normalized spacial score (nSPS) is 12.5. The summed E-state index contributed by atoms with van der Waals surface area (Å²) in [6.07, 6.45) is -1.35. The van der Waals surface area contributed by atoms with Crippen LogP contribution in [0.15, 0.2) is 57.9 Å². The number of rotatable bonds is 9. The molecular formula is C21H23N3O7S. The molecule has 1 aromatic heterocycles. The van der Waals surface area contributed by atoms with Crippen LogP contribution in [0.25, 0.3) is 11.1 Å². The molecule has 32 heavy (non-hydrogen) atoms. The number of hydrogen-bond donors (Lipinski definition) is 0. The number of aromatic nitrogens is 1. The lowest BCUT2D eigenvalue weighted by atomic mass is 10.0. The second kappa shape index (κ2) is 9.47. The predicted molar refractivity (Wildman–Crippen MR) is 117 cm³/mol. The standard InChI is InChI=1S/C21H23N3O7S/c1-5-30-21(29-4)23(20-14(2)15(3)22-31-20)32(27,28)19-13-9-7-11-17(19)16-10-6-8-12-18(16)24(25)26/h6-13,21H,5H2,1-4H3. The van der Waals surface area contributed by atoms with Crippen molar-refractivity contribution in [3.05, 3.63) is 69.9 Å². The molecule has 1 heterocycles. The molecule has 0 N–H and O–H groups in total. The second-order valence-electron chi connectivity index (χ2n) is 6.77. The van der Waals surface area contributed by atoms with Gasteiger partial charge in [0.05, 0.1) is 21.1 Å². The molecule has 0 bridgehead atoms. The minimum Gasteiger partial charge on any atom is -0.338 e. The lowest BCUT2D eigenvalue weighted by molar-refractivity contribution is -0.384. The third-order valence-electron chi connectivity index (χ3n) is 4.85. The molecule has 3 rings (SSSR count). The van der Waals surface area contributed by atoms with Crippen molar-refractivity contribution in [3.8, 4) is 11.1 Å². The number of benzene rings is 2. The zero-order valence-electron chi connectivity index (χ0n) is 18.0. The Labute approximate surface area is 185 Å². The second-order valence-corrected chi connectivity index (χ2v) is 8.55. The maximum absolute atomic E-state index is 14.0. The first-order valence-electron chi connectivity index (χ1n) is 9.68. The molecule has 3 aromatic rings. The topological polar surface area (TPSA) is 125 Å². The van der Waals surface area contributed by atoms with Crippen molar-refractivity contribution < 1.29 is 27.3 Å². The fraction of sp³-hybridized carbons (Fsp3) is 0.286. The zero-order chi connectivity index (χ0) is 23.5. The van der Waals surface area contributed by atoms with Gasteiger partial charge in [-0.05, 0) is 32.9 Å². The predicted octanol–water partition coefficient (Wildman–Crippen LogP) is 4.03.